The summed E-state index contributed by atoms with van der Waals surface area (Å²) in [6.45, 7) is 1.50. The molecule has 8 heteroatoms. The SMILES string of the molecule is C[C@H](Oc1ccccc1[N+](=O)[O-])C(=O)Nc1ccccc1C(=O)NC1CCCCC1. The molecule has 0 heterocycles. The van der Waals surface area contributed by atoms with Crippen LogP contribution < -0.4 is 15.4 Å². The molecule has 1 fully saturated rings. The lowest BCUT2D eigenvalue weighted by Crippen LogP contribution is -2.37. The number of carbonyl (C=O) groups excluding carboxylic acids is 2. The number of nitrogens with zero attached hydrogens (tertiary/aromatic N) is 1. The lowest BCUT2D eigenvalue weighted by Gasteiger charge is -2.23. The molecule has 1 aliphatic carbocycles. The highest BCUT2D eigenvalue weighted by Gasteiger charge is 2.23. The van der Waals surface area contributed by atoms with Crippen LogP contribution in [-0.2, 0) is 4.79 Å². The first kappa shape index (κ1) is 21.3. The Bertz CT molecular complexity index is 924. The molecule has 30 heavy (non-hydrogen) atoms. The number of carbonyl (C=O) groups is 2. The lowest BCUT2D eigenvalue weighted by molar-refractivity contribution is -0.386. The normalized spacial score (nSPS) is 15.1. The second-order valence-electron chi connectivity index (χ2n) is 7.33. The van der Waals surface area contributed by atoms with Crippen LogP contribution in [0, 0.1) is 10.1 Å². The molecule has 2 amide bonds. The predicted octanol–water partition coefficient (Wildman–Crippen LogP) is 4.06. The van der Waals surface area contributed by atoms with Crippen LogP contribution in [0.3, 0.4) is 0 Å². The highest BCUT2D eigenvalue weighted by atomic mass is 16.6. The lowest BCUT2D eigenvalue weighted by atomic mass is 9.95. The van der Waals surface area contributed by atoms with Crippen LogP contribution in [0.4, 0.5) is 11.4 Å². The number of hydrogen-bond donors (Lipinski definition) is 2. The third kappa shape index (κ3) is 5.34. The van der Waals surface area contributed by atoms with Gasteiger partial charge in [0.2, 0.25) is 0 Å². The molecule has 2 N–H and O–H groups in total. The zero-order valence-corrected chi connectivity index (χ0v) is 16.8. The van der Waals surface area contributed by atoms with E-state index in [9.17, 15) is 19.7 Å². The summed E-state index contributed by atoms with van der Waals surface area (Å²) in [4.78, 5) is 35.9. The van der Waals surface area contributed by atoms with Gasteiger partial charge in [0.05, 0.1) is 16.2 Å². The molecule has 3 rings (SSSR count). The molecule has 0 saturated heterocycles. The van der Waals surface area contributed by atoms with Gasteiger partial charge in [-0.15, -0.1) is 0 Å². The quantitative estimate of drug-likeness (QED) is 0.527. The number of anilines is 1. The van der Waals surface area contributed by atoms with Crippen LogP contribution in [0.1, 0.15) is 49.4 Å². The number of nitrogens with one attached hydrogen (secondary N) is 2. The molecular formula is C22H25N3O5. The van der Waals surface area contributed by atoms with Gasteiger partial charge in [-0.3, -0.25) is 19.7 Å². The molecule has 1 atom stereocenters. The summed E-state index contributed by atoms with van der Waals surface area (Å²) in [6, 6.07) is 12.8. The van der Waals surface area contributed by atoms with Gasteiger partial charge >= 0.3 is 5.69 Å². The number of nitro groups is 1. The van der Waals surface area contributed by atoms with Gasteiger partial charge in [-0.2, -0.15) is 0 Å². The molecule has 0 aromatic heterocycles. The molecular weight excluding hydrogens is 386 g/mol. The van der Waals surface area contributed by atoms with Crippen molar-refractivity contribution < 1.29 is 19.2 Å². The van der Waals surface area contributed by atoms with Gasteiger partial charge in [-0.1, -0.05) is 43.5 Å². The molecule has 0 aliphatic heterocycles. The third-order valence-electron chi connectivity index (χ3n) is 5.10. The van der Waals surface area contributed by atoms with Crippen molar-refractivity contribution in [2.75, 3.05) is 5.32 Å². The van der Waals surface area contributed by atoms with Crippen LogP contribution in [0.15, 0.2) is 48.5 Å². The fourth-order valence-corrected chi connectivity index (χ4v) is 3.49. The largest absolute Gasteiger partial charge is 0.474 e. The summed E-state index contributed by atoms with van der Waals surface area (Å²) in [5, 5.41) is 16.9. The fourth-order valence-electron chi connectivity index (χ4n) is 3.49. The summed E-state index contributed by atoms with van der Waals surface area (Å²) in [5.41, 5.74) is 0.521. The maximum Gasteiger partial charge on any atom is 0.310 e. The topological polar surface area (TPSA) is 111 Å². The molecule has 0 bridgehead atoms. The summed E-state index contributed by atoms with van der Waals surface area (Å²) >= 11 is 0. The minimum Gasteiger partial charge on any atom is -0.474 e. The van der Waals surface area contributed by atoms with E-state index in [1.54, 1.807) is 30.3 Å². The third-order valence-corrected chi connectivity index (χ3v) is 5.10. The van der Waals surface area contributed by atoms with Crippen LogP contribution in [0.5, 0.6) is 5.75 Å². The molecule has 1 saturated carbocycles. The monoisotopic (exact) mass is 411 g/mol. The van der Waals surface area contributed by atoms with Gasteiger partial charge in [-0.25, -0.2) is 0 Å². The maximum atomic E-state index is 12.7. The van der Waals surface area contributed by atoms with Crippen LogP contribution in [0.2, 0.25) is 0 Å². The van der Waals surface area contributed by atoms with Crippen molar-refractivity contribution in [1.82, 2.24) is 5.32 Å². The van der Waals surface area contributed by atoms with Crippen LogP contribution in [-0.4, -0.2) is 28.9 Å². The van der Waals surface area contributed by atoms with E-state index in [1.807, 2.05) is 0 Å². The molecule has 2 aromatic carbocycles. The number of nitro benzene ring substituents is 1. The summed E-state index contributed by atoms with van der Waals surface area (Å²) in [6.07, 6.45) is 4.31. The average Bonchev–Trinajstić information content (AvgIpc) is 2.75. The first-order valence-corrected chi connectivity index (χ1v) is 10.1. The van der Waals surface area contributed by atoms with E-state index in [-0.39, 0.29) is 23.4 Å². The molecule has 0 radical (unpaired) electrons. The van der Waals surface area contributed by atoms with E-state index in [1.165, 1.54) is 31.5 Å². The molecule has 1 aliphatic rings. The van der Waals surface area contributed by atoms with Crippen LogP contribution in [0.25, 0.3) is 0 Å². The summed E-state index contributed by atoms with van der Waals surface area (Å²) < 4.78 is 5.51. The highest BCUT2D eigenvalue weighted by Crippen LogP contribution is 2.27. The first-order chi connectivity index (χ1) is 14.5. The van der Waals surface area contributed by atoms with E-state index >= 15 is 0 Å². The number of ether oxygens (including phenoxy) is 1. The summed E-state index contributed by atoms with van der Waals surface area (Å²) in [5.74, 6) is -0.732. The van der Waals surface area contributed by atoms with Crippen molar-refractivity contribution in [3.05, 3.63) is 64.2 Å². The van der Waals surface area contributed by atoms with Crippen molar-refractivity contribution in [3.63, 3.8) is 0 Å². The van der Waals surface area contributed by atoms with Gasteiger partial charge in [0.1, 0.15) is 0 Å². The van der Waals surface area contributed by atoms with Gasteiger partial charge < -0.3 is 15.4 Å². The smallest absolute Gasteiger partial charge is 0.310 e. The standard InChI is InChI=1S/C22H25N3O5/c1-15(30-20-14-8-7-13-19(20)25(28)29)21(26)24-18-12-6-5-11-17(18)22(27)23-16-9-3-2-4-10-16/h5-8,11-16H,2-4,9-10H2,1H3,(H,23,27)(H,24,26)/t15-/m0/s1. The predicted molar refractivity (Wildman–Crippen MR) is 113 cm³/mol. The van der Waals surface area contributed by atoms with E-state index in [0.717, 1.165) is 25.7 Å². The van der Waals surface area contributed by atoms with Gasteiger partial charge in [0.15, 0.2) is 11.9 Å². The Balaban J connectivity index is 1.68. The zero-order valence-electron chi connectivity index (χ0n) is 16.8. The van der Waals surface area contributed by atoms with Gasteiger partial charge in [0, 0.05) is 12.1 Å². The minimum atomic E-state index is -0.999. The Morgan fingerprint density at radius 1 is 1.07 bits per heavy atom. The van der Waals surface area contributed by atoms with E-state index in [2.05, 4.69) is 10.6 Å². The number of amides is 2. The van der Waals surface area contributed by atoms with Crippen molar-refractivity contribution >= 4 is 23.2 Å². The van der Waals surface area contributed by atoms with E-state index in [0.29, 0.717) is 11.3 Å². The Morgan fingerprint density at radius 3 is 2.47 bits per heavy atom. The Hall–Kier alpha value is -3.42. The number of hydrogen-bond acceptors (Lipinski definition) is 5. The molecule has 158 valence electrons. The zero-order chi connectivity index (χ0) is 21.5. The average molecular weight is 411 g/mol. The number of benzene rings is 2. The Morgan fingerprint density at radius 2 is 1.73 bits per heavy atom. The Kier molecular flexibility index (Phi) is 7.00. The maximum absolute atomic E-state index is 12.7. The molecule has 0 unspecified atom stereocenters. The second-order valence-corrected chi connectivity index (χ2v) is 7.33. The number of rotatable bonds is 7. The highest BCUT2D eigenvalue weighted by molar-refractivity contribution is 6.04. The molecule has 0 spiro atoms. The minimum absolute atomic E-state index is 0.00785. The van der Waals surface area contributed by atoms with E-state index in [4.69, 9.17) is 4.74 Å². The fraction of sp³-hybridized carbons (Fsp3) is 0.364. The van der Waals surface area contributed by atoms with Crippen molar-refractivity contribution in [1.29, 1.82) is 0 Å². The molecule has 8 nitrogen and oxygen atoms in total. The first-order valence-electron chi connectivity index (χ1n) is 10.1. The summed E-state index contributed by atoms with van der Waals surface area (Å²) in [7, 11) is 0. The number of para-hydroxylation sites is 3. The van der Waals surface area contributed by atoms with Crippen molar-refractivity contribution in [2.45, 2.75) is 51.2 Å². The van der Waals surface area contributed by atoms with Crippen molar-refractivity contribution in [2.24, 2.45) is 0 Å². The second kappa shape index (κ2) is 9.87. The van der Waals surface area contributed by atoms with Crippen LogP contribution >= 0.6 is 0 Å². The van der Waals surface area contributed by atoms with Crippen molar-refractivity contribution in [3.8, 4) is 5.75 Å². The Labute approximate surface area is 174 Å². The van der Waals surface area contributed by atoms with E-state index < -0.39 is 16.9 Å². The molecule has 2 aromatic rings. The van der Waals surface area contributed by atoms with Gasteiger partial charge in [-0.05, 0) is 38.0 Å². The van der Waals surface area contributed by atoms with Gasteiger partial charge in [0.25, 0.3) is 11.8 Å².